The van der Waals surface area contributed by atoms with Crippen LogP contribution < -0.4 is 4.74 Å². The molecule has 0 amide bonds. The lowest BCUT2D eigenvalue weighted by molar-refractivity contribution is -0.144. The predicted octanol–water partition coefficient (Wildman–Crippen LogP) is 1.39. The van der Waals surface area contributed by atoms with Crippen molar-refractivity contribution < 1.29 is 23.5 Å². The van der Waals surface area contributed by atoms with Gasteiger partial charge < -0.3 is 9.47 Å². The van der Waals surface area contributed by atoms with Crippen LogP contribution in [0.3, 0.4) is 0 Å². The summed E-state index contributed by atoms with van der Waals surface area (Å²) >= 11 is 0. The van der Waals surface area contributed by atoms with Gasteiger partial charge >= 0.3 is 5.97 Å². The summed E-state index contributed by atoms with van der Waals surface area (Å²) < 4.78 is 22.3. The molecule has 86 valence electrons. The molecule has 1 aromatic carbocycles. The van der Waals surface area contributed by atoms with Gasteiger partial charge in [0.25, 0.3) is 6.17 Å². The highest BCUT2D eigenvalue weighted by Crippen LogP contribution is 2.15. The maximum absolute atomic E-state index is 13.2. The van der Waals surface area contributed by atoms with Crippen LogP contribution in [-0.2, 0) is 9.53 Å². The van der Waals surface area contributed by atoms with Crippen molar-refractivity contribution in [3.8, 4) is 5.75 Å². The number of ether oxygens (including phenoxy) is 2. The molecule has 1 unspecified atom stereocenters. The van der Waals surface area contributed by atoms with E-state index in [1.165, 1.54) is 25.3 Å². The quantitative estimate of drug-likeness (QED) is 0.442. The Morgan fingerprint density at radius 2 is 2.00 bits per heavy atom. The predicted molar refractivity (Wildman–Crippen MR) is 54.2 cm³/mol. The van der Waals surface area contributed by atoms with Gasteiger partial charge in [0, 0.05) is 5.56 Å². The second-order valence-corrected chi connectivity index (χ2v) is 2.98. The molecule has 0 aromatic heterocycles. The third-order valence-corrected chi connectivity index (χ3v) is 1.99. The van der Waals surface area contributed by atoms with Crippen molar-refractivity contribution >= 4 is 11.8 Å². The molecule has 0 heterocycles. The van der Waals surface area contributed by atoms with Crippen molar-refractivity contribution in [1.29, 1.82) is 0 Å². The number of hydrogen-bond donors (Lipinski definition) is 0. The number of halogens is 1. The van der Waals surface area contributed by atoms with E-state index in [4.69, 9.17) is 4.74 Å². The largest absolute Gasteiger partial charge is 0.497 e. The van der Waals surface area contributed by atoms with Gasteiger partial charge in [0.2, 0.25) is 5.78 Å². The van der Waals surface area contributed by atoms with Crippen LogP contribution in [0.1, 0.15) is 10.4 Å². The molecule has 0 aliphatic rings. The highest BCUT2D eigenvalue weighted by molar-refractivity contribution is 6.11. The van der Waals surface area contributed by atoms with Crippen LogP contribution >= 0.6 is 0 Å². The van der Waals surface area contributed by atoms with Crippen LogP contribution in [-0.4, -0.2) is 32.1 Å². The lowest BCUT2D eigenvalue weighted by atomic mass is 10.1. The molecule has 0 radical (unpaired) electrons. The smallest absolute Gasteiger partial charge is 0.348 e. The number of Topliss-reactive ketones (excluding diaryl/α,β-unsaturated/α-hetero) is 1. The number of methoxy groups -OCH3 is 2. The van der Waals surface area contributed by atoms with E-state index in [9.17, 15) is 14.0 Å². The minimum Gasteiger partial charge on any atom is -0.497 e. The van der Waals surface area contributed by atoms with Gasteiger partial charge in [-0.1, -0.05) is 12.1 Å². The molecule has 0 aliphatic heterocycles. The fourth-order valence-corrected chi connectivity index (χ4v) is 1.13. The third kappa shape index (κ3) is 2.56. The molecule has 0 saturated heterocycles. The molecule has 1 atom stereocenters. The first kappa shape index (κ1) is 12.2. The van der Waals surface area contributed by atoms with Crippen LogP contribution in [0.15, 0.2) is 24.3 Å². The molecule has 0 spiro atoms. The Morgan fingerprint density at radius 1 is 1.31 bits per heavy atom. The minimum atomic E-state index is -2.29. The second-order valence-electron chi connectivity index (χ2n) is 2.98. The summed E-state index contributed by atoms with van der Waals surface area (Å²) in [6.07, 6.45) is -2.29. The second kappa shape index (κ2) is 5.25. The maximum atomic E-state index is 13.2. The first-order valence-electron chi connectivity index (χ1n) is 4.50. The van der Waals surface area contributed by atoms with E-state index in [-0.39, 0.29) is 5.56 Å². The molecule has 1 aromatic rings. The molecule has 0 fully saturated rings. The van der Waals surface area contributed by atoms with Gasteiger partial charge in [-0.05, 0) is 12.1 Å². The van der Waals surface area contributed by atoms with Gasteiger partial charge in [-0.3, -0.25) is 4.79 Å². The Kier molecular flexibility index (Phi) is 3.99. The van der Waals surface area contributed by atoms with Crippen molar-refractivity contribution in [1.82, 2.24) is 0 Å². The average molecular weight is 226 g/mol. The Balaban J connectivity index is 2.91. The maximum Gasteiger partial charge on any atom is 0.348 e. The number of carbonyl (C=O) groups is 2. The van der Waals surface area contributed by atoms with Crippen LogP contribution in [0.25, 0.3) is 0 Å². The Morgan fingerprint density at radius 3 is 2.56 bits per heavy atom. The Hall–Kier alpha value is -1.91. The lowest BCUT2D eigenvalue weighted by Crippen LogP contribution is -2.26. The summed E-state index contributed by atoms with van der Waals surface area (Å²) in [5.74, 6) is -1.72. The molecule has 1 rings (SSSR count). The number of benzene rings is 1. The summed E-state index contributed by atoms with van der Waals surface area (Å²) in [7, 11) is 2.45. The summed E-state index contributed by atoms with van der Waals surface area (Å²) in [6.45, 7) is 0. The van der Waals surface area contributed by atoms with Gasteiger partial charge in [-0.25, -0.2) is 9.18 Å². The molecule has 0 N–H and O–H groups in total. The molecular weight excluding hydrogens is 215 g/mol. The number of ketones is 1. The van der Waals surface area contributed by atoms with Crippen molar-refractivity contribution in [2.75, 3.05) is 14.2 Å². The molecule has 4 nitrogen and oxygen atoms in total. The summed E-state index contributed by atoms with van der Waals surface area (Å²) in [6, 6.07) is 5.91. The summed E-state index contributed by atoms with van der Waals surface area (Å²) in [4.78, 5) is 22.3. The number of carbonyl (C=O) groups excluding carboxylic acids is 2. The van der Waals surface area contributed by atoms with E-state index < -0.39 is 17.9 Å². The average Bonchev–Trinajstić information content (AvgIpc) is 2.36. The fraction of sp³-hybridized carbons (Fsp3) is 0.273. The highest BCUT2D eigenvalue weighted by Gasteiger charge is 2.28. The van der Waals surface area contributed by atoms with Crippen LogP contribution in [0.2, 0.25) is 0 Å². The van der Waals surface area contributed by atoms with Crippen molar-refractivity contribution in [3.63, 3.8) is 0 Å². The molecule has 16 heavy (non-hydrogen) atoms. The normalized spacial score (nSPS) is 11.7. The number of esters is 1. The van der Waals surface area contributed by atoms with E-state index in [1.54, 1.807) is 6.07 Å². The van der Waals surface area contributed by atoms with E-state index in [0.717, 1.165) is 7.11 Å². The van der Waals surface area contributed by atoms with Gasteiger partial charge in [0.1, 0.15) is 5.75 Å². The van der Waals surface area contributed by atoms with E-state index in [1.807, 2.05) is 0 Å². The zero-order valence-corrected chi connectivity index (χ0v) is 8.90. The lowest BCUT2D eigenvalue weighted by Gasteiger charge is -2.06. The van der Waals surface area contributed by atoms with Gasteiger partial charge in [-0.15, -0.1) is 0 Å². The monoisotopic (exact) mass is 226 g/mol. The summed E-state index contributed by atoms with van der Waals surface area (Å²) in [5.41, 5.74) is 0.0669. The SMILES string of the molecule is COC(=O)C(F)C(=O)c1cccc(OC)c1. The highest BCUT2D eigenvalue weighted by atomic mass is 19.1. The molecule has 0 bridgehead atoms. The number of hydrogen-bond acceptors (Lipinski definition) is 4. The van der Waals surface area contributed by atoms with Crippen LogP contribution in [0, 0.1) is 0 Å². The molecule has 5 heteroatoms. The first-order valence-corrected chi connectivity index (χ1v) is 4.50. The van der Waals surface area contributed by atoms with Crippen molar-refractivity contribution in [2.24, 2.45) is 0 Å². The zero-order chi connectivity index (χ0) is 12.1. The van der Waals surface area contributed by atoms with Crippen molar-refractivity contribution in [2.45, 2.75) is 6.17 Å². The van der Waals surface area contributed by atoms with Gasteiger partial charge in [0.05, 0.1) is 14.2 Å². The van der Waals surface area contributed by atoms with Gasteiger partial charge in [0.15, 0.2) is 0 Å². The van der Waals surface area contributed by atoms with Crippen LogP contribution in [0.5, 0.6) is 5.75 Å². The Labute approximate surface area is 92.0 Å². The minimum absolute atomic E-state index is 0.0669. The number of rotatable bonds is 4. The van der Waals surface area contributed by atoms with Crippen molar-refractivity contribution in [3.05, 3.63) is 29.8 Å². The Bertz CT molecular complexity index is 403. The zero-order valence-electron chi connectivity index (χ0n) is 8.90. The van der Waals surface area contributed by atoms with Crippen LogP contribution in [0.4, 0.5) is 4.39 Å². The molecule has 0 aliphatic carbocycles. The van der Waals surface area contributed by atoms with E-state index in [2.05, 4.69) is 4.74 Å². The topological polar surface area (TPSA) is 52.6 Å². The van der Waals surface area contributed by atoms with E-state index in [0.29, 0.717) is 5.75 Å². The molecule has 0 saturated carbocycles. The third-order valence-electron chi connectivity index (χ3n) is 1.99. The van der Waals surface area contributed by atoms with Gasteiger partial charge in [-0.2, -0.15) is 0 Å². The van der Waals surface area contributed by atoms with E-state index >= 15 is 0 Å². The molecular formula is C11H11FO4. The standard InChI is InChI=1S/C11H11FO4/c1-15-8-5-3-4-7(6-8)10(13)9(12)11(14)16-2/h3-6,9H,1-2H3. The fourth-order valence-electron chi connectivity index (χ4n) is 1.13. The number of alkyl halides is 1. The summed E-state index contributed by atoms with van der Waals surface area (Å²) in [5, 5.41) is 0. The first-order chi connectivity index (χ1) is 7.60.